The molecule has 0 unspecified atom stereocenters. The fourth-order valence-electron chi connectivity index (χ4n) is 4.54. The molecule has 2 aliphatic rings. The summed E-state index contributed by atoms with van der Waals surface area (Å²) in [6.45, 7) is 2.88. The van der Waals surface area contributed by atoms with Crippen LogP contribution in [-0.4, -0.2) is 51.6 Å². The Hall–Kier alpha value is -2.85. The van der Waals surface area contributed by atoms with Crippen molar-refractivity contribution in [2.75, 3.05) is 29.9 Å². The second kappa shape index (κ2) is 8.72. The number of carbonyl (C=O) groups excluding carboxylic acids is 1. The number of primary amides is 1. The highest BCUT2D eigenvalue weighted by atomic mass is 32.1. The highest BCUT2D eigenvalue weighted by Crippen LogP contribution is 2.34. The maximum absolute atomic E-state index is 11.7. The number of hydrogen-bond acceptors (Lipinski definition) is 9. The van der Waals surface area contributed by atoms with Gasteiger partial charge >= 0.3 is 0 Å². The number of hydrogen-bond donors (Lipinski definition) is 2. The zero-order chi connectivity index (χ0) is 21.2. The molecule has 31 heavy (non-hydrogen) atoms. The first-order chi connectivity index (χ1) is 15.2. The predicted molar refractivity (Wildman–Crippen MR) is 119 cm³/mol. The molecule has 0 aliphatic carbocycles. The molecule has 0 spiro atoms. The summed E-state index contributed by atoms with van der Waals surface area (Å²) in [6.07, 6.45) is 7.66. The zero-order valence-electron chi connectivity index (χ0n) is 17.1. The molecule has 162 valence electrons. The summed E-state index contributed by atoms with van der Waals surface area (Å²) in [6, 6.07) is 0. The molecule has 2 saturated heterocycles. The third-order valence-corrected chi connectivity index (χ3v) is 6.92. The first-order valence-corrected chi connectivity index (χ1v) is 11.5. The maximum Gasteiger partial charge on any atom is 0.227 e. The van der Waals surface area contributed by atoms with E-state index in [0.29, 0.717) is 19.1 Å². The number of rotatable bonds is 6. The van der Waals surface area contributed by atoms with Gasteiger partial charge in [-0.25, -0.2) is 15.0 Å². The molecular weight excluding hydrogens is 414 g/mol. The van der Waals surface area contributed by atoms with Gasteiger partial charge in [-0.2, -0.15) is 4.98 Å². The van der Waals surface area contributed by atoms with Gasteiger partial charge in [0, 0.05) is 55.0 Å². The van der Waals surface area contributed by atoms with Crippen LogP contribution in [0.15, 0.2) is 29.5 Å². The fraction of sp³-hybridized carbons (Fsp3) is 0.476. The summed E-state index contributed by atoms with van der Waals surface area (Å²) in [4.78, 5) is 31.7. The lowest BCUT2D eigenvalue weighted by Gasteiger charge is -2.35. The topological polar surface area (TPSA) is 119 Å². The quantitative estimate of drug-likeness (QED) is 0.600. The van der Waals surface area contributed by atoms with Gasteiger partial charge in [0.1, 0.15) is 12.1 Å². The van der Waals surface area contributed by atoms with Crippen molar-refractivity contribution in [1.82, 2.24) is 19.9 Å². The van der Waals surface area contributed by atoms with Crippen molar-refractivity contribution < 1.29 is 9.53 Å². The van der Waals surface area contributed by atoms with E-state index in [9.17, 15) is 4.79 Å². The number of piperidine rings is 1. The molecule has 0 aromatic carbocycles. The molecule has 0 saturated carbocycles. The minimum Gasteiger partial charge on any atom is -0.377 e. The van der Waals surface area contributed by atoms with Crippen LogP contribution in [0.4, 0.5) is 11.8 Å². The van der Waals surface area contributed by atoms with Gasteiger partial charge in [0.25, 0.3) is 0 Å². The van der Waals surface area contributed by atoms with E-state index in [1.807, 2.05) is 5.38 Å². The van der Waals surface area contributed by atoms with Crippen molar-refractivity contribution in [3.8, 4) is 0 Å². The second-order valence-electron chi connectivity index (χ2n) is 8.10. The van der Waals surface area contributed by atoms with E-state index in [4.69, 9.17) is 20.4 Å². The zero-order valence-corrected chi connectivity index (χ0v) is 17.9. The van der Waals surface area contributed by atoms with Crippen LogP contribution in [0, 0.1) is 11.8 Å². The van der Waals surface area contributed by atoms with Crippen molar-refractivity contribution in [3.63, 3.8) is 0 Å². The second-order valence-corrected chi connectivity index (χ2v) is 8.84. The molecule has 0 radical (unpaired) electrons. The van der Waals surface area contributed by atoms with Gasteiger partial charge in [-0.1, -0.05) is 0 Å². The highest BCUT2D eigenvalue weighted by Gasteiger charge is 2.39. The van der Waals surface area contributed by atoms with E-state index in [-0.39, 0.29) is 17.9 Å². The van der Waals surface area contributed by atoms with E-state index in [2.05, 4.69) is 25.6 Å². The average molecular weight is 440 g/mol. The van der Waals surface area contributed by atoms with Crippen molar-refractivity contribution in [3.05, 3.63) is 35.0 Å². The SMILES string of the molecule is NC(=O)[C@@H]1CCO[C@H]1C1CCN(c2nc(NCc3cncnc3)c3cscc3n2)CC1. The lowest BCUT2D eigenvalue weighted by atomic mass is 9.84. The molecule has 3 N–H and O–H groups in total. The van der Waals surface area contributed by atoms with Crippen LogP contribution in [-0.2, 0) is 16.1 Å². The fourth-order valence-corrected chi connectivity index (χ4v) is 5.28. The standard InChI is InChI=1S/C21H25N7O2S/c22-19(29)15-3-6-30-18(15)14-1-4-28(5-2-14)21-26-17-11-31-10-16(17)20(27-21)25-9-13-7-23-12-24-8-13/h7-8,10-12,14-15,18H,1-6,9H2,(H2,22,29)(H,25,26,27)/t15-,18+/m1/s1. The van der Waals surface area contributed by atoms with Gasteiger partial charge in [-0.05, 0) is 25.2 Å². The summed E-state index contributed by atoms with van der Waals surface area (Å²) < 4.78 is 5.88. The van der Waals surface area contributed by atoms with Crippen LogP contribution in [0.2, 0.25) is 0 Å². The molecule has 2 fully saturated rings. The number of ether oxygens (including phenoxy) is 1. The molecule has 1 amide bonds. The van der Waals surface area contributed by atoms with Crippen LogP contribution in [0.3, 0.4) is 0 Å². The Kier molecular flexibility index (Phi) is 5.65. The van der Waals surface area contributed by atoms with Crippen LogP contribution in [0.1, 0.15) is 24.8 Å². The van der Waals surface area contributed by atoms with E-state index >= 15 is 0 Å². The normalized spacial score (nSPS) is 22.1. The van der Waals surface area contributed by atoms with Crippen LogP contribution < -0.4 is 16.0 Å². The Bertz CT molecular complexity index is 1050. The largest absolute Gasteiger partial charge is 0.377 e. The van der Waals surface area contributed by atoms with Crippen molar-refractivity contribution in [2.24, 2.45) is 17.6 Å². The Morgan fingerprint density at radius 3 is 2.77 bits per heavy atom. The molecule has 9 nitrogen and oxygen atoms in total. The average Bonchev–Trinajstić information content (AvgIpc) is 3.48. The maximum atomic E-state index is 11.7. The van der Waals surface area contributed by atoms with E-state index in [1.165, 1.54) is 6.33 Å². The summed E-state index contributed by atoms with van der Waals surface area (Å²) in [5, 5.41) is 8.55. The molecule has 2 aliphatic heterocycles. The number of aromatic nitrogens is 4. The number of thiophene rings is 1. The number of nitrogens with two attached hydrogens (primary N) is 1. The molecule has 3 aromatic rings. The van der Waals surface area contributed by atoms with Crippen molar-refractivity contribution in [2.45, 2.75) is 31.9 Å². The summed E-state index contributed by atoms with van der Waals surface area (Å²) in [7, 11) is 0. The summed E-state index contributed by atoms with van der Waals surface area (Å²) in [5.74, 6) is 1.50. The van der Waals surface area contributed by atoms with E-state index in [0.717, 1.165) is 60.6 Å². The van der Waals surface area contributed by atoms with Crippen LogP contribution in [0.5, 0.6) is 0 Å². The van der Waals surface area contributed by atoms with E-state index in [1.54, 1.807) is 23.7 Å². The Balaban J connectivity index is 1.30. The first-order valence-electron chi connectivity index (χ1n) is 10.6. The minimum absolute atomic E-state index is 0.0507. The molecule has 5 rings (SSSR count). The number of anilines is 2. The number of carbonyl (C=O) groups is 1. The molecule has 5 heterocycles. The Morgan fingerprint density at radius 2 is 2.00 bits per heavy atom. The van der Waals surface area contributed by atoms with Gasteiger partial charge < -0.3 is 20.7 Å². The third-order valence-electron chi connectivity index (χ3n) is 6.19. The van der Waals surface area contributed by atoms with Gasteiger partial charge in [-0.15, -0.1) is 11.3 Å². The third kappa shape index (κ3) is 4.17. The number of nitrogens with one attached hydrogen (secondary N) is 1. The summed E-state index contributed by atoms with van der Waals surface area (Å²) in [5.41, 5.74) is 7.51. The van der Waals surface area contributed by atoms with Crippen LogP contribution >= 0.6 is 11.3 Å². The van der Waals surface area contributed by atoms with Gasteiger partial charge in [0.2, 0.25) is 11.9 Å². The van der Waals surface area contributed by atoms with Crippen molar-refractivity contribution >= 4 is 39.9 Å². The molecule has 0 bridgehead atoms. The first kappa shape index (κ1) is 20.1. The van der Waals surface area contributed by atoms with Crippen molar-refractivity contribution in [1.29, 1.82) is 0 Å². The number of amides is 1. The van der Waals surface area contributed by atoms with Gasteiger partial charge in [0.05, 0.1) is 22.9 Å². The Labute approximate surface area is 184 Å². The number of nitrogens with zero attached hydrogens (tertiary/aromatic N) is 5. The van der Waals surface area contributed by atoms with Gasteiger partial charge in [0.15, 0.2) is 0 Å². The minimum atomic E-state index is -0.240. The monoisotopic (exact) mass is 439 g/mol. The number of fused-ring (bicyclic) bond motifs is 1. The van der Waals surface area contributed by atoms with Crippen LogP contribution in [0.25, 0.3) is 10.9 Å². The molecule has 2 atom stereocenters. The predicted octanol–water partition coefficient (Wildman–Crippen LogP) is 2.20. The lowest BCUT2D eigenvalue weighted by Crippen LogP contribution is -2.42. The smallest absolute Gasteiger partial charge is 0.227 e. The molecule has 10 heteroatoms. The van der Waals surface area contributed by atoms with Gasteiger partial charge in [-0.3, -0.25) is 4.79 Å². The molecular formula is C21H25N7O2S. The highest BCUT2D eigenvalue weighted by molar-refractivity contribution is 7.09. The lowest BCUT2D eigenvalue weighted by molar-refractivity contribution is -0.124. The Morgan fingerprint density at radius 1 is 1.19 bits per heavy atom. The summed E-state index contributed by atoms with van der Waals surface area (Å²) >= 11 is 1.62. The molecule has 3 aromatic heterocycles. The van der Waals surface area contributed by atoms with E-state index < -0.39 is 0 Å².